The maximum atomic E-state index is 11.4. The Bertz CT molecular complexity index is 191. The van der Waals surface area contributed by atoms with Crippen molar-refractivity contribution in [3.63, 3.8) is 0 Å². The number of nitrogens with one attached hydrogen (secondary N) is 1. The molecule has 0 aliphatic heterocycles. The molecule has 12 heavy (non-hydrogen) atoms. The third-order valence-electron chi connectivity index (χ3n) is 2.28. The topological polar surface area (TPSA) is 81.1 Å². The molecule has 1 fully saturated rings. The Morgan fingerprint density at radius 2 is 2.17 bits per heavy atom. The zero-order valence-electron chi connectivity index (χ0n) is 7.63. The van der Waals surface area contributed by atoms with Gasteiger partial charge in [-0.05, 0) is 20.3 Å². The van der Waals surface area contributed by atoms with Gasteiger partial charge in [0.2, 0.25) is 5.91 Å². The van der Waals surface area contributed by atoms with Crippen LogP contribution in [0.2, 0.25) is 0 Å². The predicted molar refractivity (Wildman–Crippen MR) is 47.4 cm³/mol. The summed E-state index contributed by atoms with van der Waals surface area (Å²) in [5.41, 5.74) is 10.5. The van der Waals surface area contributed by atoms with Crippen LogP contribution in [-0.2, 0) is 4.79 Å². The first-order chi connectivity index (χ1) is 5.47. The van der Waals surface area contributed by atoms with Gasteiger partial charge in [0.1, 0.15) is 0 Å². The van der Waals surface area contributed by atoms with Crippen LogP contribution in [0.15, 0.2) is 0 Å². The molecule has 2 unspecified atom stereocenters. The lowest BCUT2D eigenvalue weighted by atomic mass is 9.93. The molecule has 70 valence electrons. The van der Waals surface area contributed by atoms with E-state index in [-0.39, 0.29) is 18.0 Å². The molecular formula is C8H17N3O. The summed E-state index contributed by atoms with van der Waals surface area (Å²) >= 11 is 0. The van der Waals surface area contributed by atoms with Crippen LogP contribution < -0.4 is 16.8 Å². The number of rotatable bonds is 3. The van der Waals surface area contributed by atoms with Gasteiger partial charge in [-0.15, -0.1) is 0 Å². The zero-order chi connectivity index (χ0) is 9.35. The summed E-state index contributed by atoms with van der Waals surface area (Å²) in [6, 6.07) is 0.339. The highest BCUT2D eigenvalue weighted by atomic mass is 16.2. The Morgan fingerprint density at radius 3 is 2.50 bits per heavy atom. The first kappa shape index (κ1) is 9.48. The van der Waals surface area contributed by atoms with Crippen LogP contribution in [0.1, 0.15) is 20.3 Å². The number of carbonyl (C=O) groups is 1. The fourth-order valence-corrected chi connectivity index (χ4v) is 0.837. The van der Waals surface area contributed by atoms with Crippen molar-refractivity contribution in [2.75, 3.05) is 6.54 Å². The monoisotopic (exact) mass is 171 g/mol. The summed E-state index contributed by atoms with van der Waals surface area (Å²) in [6.45, 7) is 4.02. The van der Waals surface area contributed by atoms with E-state index < -0.39 is 5.41 Å². The van der Waals surface area contributed by atoms with Crippen molar-refractivity contribution >= 4 is 5.91 Å². The number of nitrogens with two attached hydrogens (primary N) is 2. The normalized spacial score (nSPS) is 28.3. The van der Waals surface area contributed by atoms with Crippen LogP contribution in [0.5, 0.6) is 0 Å². The smallest absolute Gasteiger partial charge is 0.227 e. The van der Waals surface area contributed by atoms with E-state index >= 15 is 0 Å². The first-order valence-electron chi connectivity index (χ1n) is 4.24. The van der Waals surface area contributed by atoms with E-state index in [0.717, 1.165) is 6.42 Å². The zero-order valence-corrected chi connectivity index (χ0v) is 7.63. The number of hydrogen-bond acceptors (Lipinski definition) is 3. The van der Waals surface area contributed by atoms with Crippen LogP contribution in [0.4, 0.5) is 0 Å². The van der Waals surface area contributed by atoms with Crippen molar-refractivity contribution in [1.82, 2.24) is 5.32 Å². The van der Waals surface area contributed by atoms with Gasteiger partial charge in [-0.3, -0.25) is 4.79 Å². The third-order valence-corrected chi connectivity index (χ3v) is 2.28. The van der Waals surface area contributed by atoms with E-state index in [1.807, 2.05) is 13.8 Å². The van der Waals surface area contributed by atoms with Crippen molar-refractivity contribution in [2.45, 2.75) is 32.4 Å². The van der Waals surface area contributed by atoms with Gasteiger partial charge in [-0.2, -0.15) is 0 Å². The molecule has 1 aliphatic rings. The minimum atomic E-state index is -0.470. The van der Waals surface area contributed by atoms with Crippen LogP contribution in [-0.4, -0.2) is 24.5 Å². The maximum absolute atomic E-state index is 11.4. The molecule has 0 spiro atoms. The van der Waals surface area contributed by atoms with E-state index in [2.05, 4.69) is 5.32 Å². The molecule has 0 bridgehead atoms. The Hall–Kier alpha value is -0.610. The molecule has 4 heteroatoms. The van der Waals surface area contributed by atoms with Crippen molar-refractivity contribution < 1.29 is 4.79 Å². The Kier molecular flexibility index (Phi) is 2.39. The molecule has 0 radical (unpaired) electrons. The highest BCUT2D eigenvalue weighted by molar-refractivity contribution is 5.82. The van der Waals surface area contributed by atoms with Gasteiger partial charge in [-0.1, -0.05) is 0 Å². The molecule has 4 nitrogen and oxygen atoms in total. The molecule has 2 atom stereocenters. The molecule has 1 rings (SSSR count). The molecule has 5 N–H and O–H groups in total. The van der Waals surface area contributed by atoms with Crippen molar-refractivity contribution in [3.05, 3.63) is 0 Å². The SMILES string of the molecule is CC(C)(CN)C(=O)NC1CC1N. The van der Waals surface area contributed by atoms with Gasteiger partial charge in [0.15, 0.2) is 0 Å². The molecule has 1 aliphatic carbocycles. The van der Waals surface area contributed by atoms with Crippen LogP contribution >= 0.6 is 0 Å². The first-order valence-corrected chi connectivity index (χ1v) is 4.24. The summed E-state index contributed by atoms with van der Waals surface area (Å²) in [5.74, 6) is 0.00273. The molecule has 1 saturated carbocycles. The van der Waals surface area contributed by atoms with Gasteiger partial charge >= 0.3 is 0 Å². The van der Waals surface area contributed by atoms with Crippen LogP contribution in [0.25, 0.3) is 0 Å². The van der Waals surface area contributed by atoms with E-state index in [1.165, 1.54) is 0 Å². The molecule has 0 aromatic heterocycles. The Morgan fingerprint density at radius 1 is 1.67 bits per heavy atom. The van der Waals surface area contributed by atoms with Gasteiger partial charge < -0.3 is 16.8 Å². The predicted octanol–water partition coefficient (Wildman–Crippen LogP) is -0.813. The fraction of sp³-hybridized carbons (Fsp3) is 0.875. The molecule has 0 aromatic rings. The molecular weight excluding hydrogens is 154 g/mol. The van der Waals surface area contributed by atoms with Gasteiger partial charge in [0, 0.05) is 18.6 Å². The largest absolute Gasteiger partial charge is 0.351 e. The van der Waals surface area contributed by atoms with Crippen LogP contribution in [0.3, 0.4) is 0 Å². The maximum Gasteiger partial charge on any atom is 0.227 e. The summed E-state index contributed by atoms with van der Waals surface area (Å²) < 4.78 is 0. The van der Waals surface area contributed by atoms with Gasteiger partial charge in [0.25, 0.3) is 0 Å². The average molecular weight is 171 g/mol. The Labute approximate surface area is 72.7 Å². The van der Waals surface area contributed by atoms with Crippen molar-refractivity contribution in [3.8, 4) is 0 Å². The van der Waals surface area contributed by atoms with Crippen molar-refractivity contribution in [2.24, 2.45) is 16.9 Å². The summed E-state index contributed by atoms with van der Waals surface area (Å²) in [7, 11) is 0. The number of carbonyl (C=O) groups excluding carboxylic acids is 1. The fourth-order valence-electron chi connectivity index (χ4n) is 0.837. The second-order valence-corrected chi connectivity index (χ2v) is 4.07. The highest BCUT2D eigenvalue weighted by Gasteiger charge is 2.37. The van der Waals surface area contributed by atoms with E-state index in [1.54, 1.807) is 0 Å². The minimum Gasteiger partial charge on any atom is -0.351 e. The average Bonchev–Trinajstić information content (AvgIpc) is 2.66. The molecule has 1 amide bonds. The lowest BCUT2D eigenvalue weighted by Crippen LogP contribution is -2.43. The third kappa shape index (κ3) is 1.95. The second kappa shape index (κ2) is 3.03. The minimum absolute atomic E-state index is 0.00273. The van der Waals surface area contributed by atoms with E-state index in [0.29, 0.717) is 6.54 Å². The lowest BCUT2D eigenvalue weighted by Gasteiger charge is -2.21. The van der Waals surface area contributed by atoms with Crippen LogP contribution in [0, 0.1) is 5.41 Å². The molecule has 0 aromatic carbocycles. The standard InChI is InChI=1S/C8H17N3O/c1-8(2,4-9)7(12)11-6-3-5(6)10/h5-6H,3-4,9-10H2,1-2H3,(H,11,12). The quantitative estimate of drug-likeness (QED) is 0.519. The van der Waals surface area contributed by atoms with Crippen molar-refractivity contribution in [1.29, 1.82) is 0 Å². The molecule has 0 heterocycles. The summed E-state index contributed by atoms with van der Waals surface area (Å²) in [4.78, 5) is 11.4. The summed E-state index contributed by atoms with van der Waals surface area (Å²) in [6.07, 6.45) is 0.895. The summed E-state index contributed by atoms with van der Waals surface area (Å²) in [5, 5.41) is 2.85. The lowest BCUT2D eigenvalue weighted by molar-refractivity contribution is -0.129. The Balaban J connectivity index is 2.37. The van der Waals surface area contributed by atoms with Gasteiger partial charge in [0.05, 0.1) is 5.41 Å². The van der Waals surface area contributed by atoms with E-state index in [9.17, 15) is 4.79 Å². The van der Waals surface area contributed by atoms with Gasteiger partial charge in [-0.25, -0.2) is 0 Å². The highest BCUT2D eigenvalue weighted by Crippen LogP contribution is 2.21. The number of hydrogen-bond donors (Lipinski definition) is 3. The second-order valence-electron chi connectivity index (χ2n) is 4.07. The molecule has 0 saturated heterocycles. The number of amides is 1. The van der Waals surface area contributed by atoms with E-state index in [4.69, 9.17) is 11.5 Å².